The summed E-state index contributed by atoms with van der Waals surface area (Å²) in [7, 11) is 0. The standard InChI is InChI=1S/C22H20BrN3O2/c1-3-28-17-9-7-16(8-10-17)26-21(20-18(22(26)27)5-4-12-24-20)25-15-6-11-19(23)14(2)13-15/h4-13,21,25H,3H2,1-2H3/t21-/m0/s1. The lowest BCUT2D eigenvalue weighted by Crippen LogP contribution is -2.32. The van der Waals surface area contributed by atoms with E-state index in [9.17, 15) is 4.79 Å². The second kappa shape index (κ2) is 7.64. The van der Waals surface area contributed by atoms with Crippen molar-refractivity contribution in [3.05, 3.63) is 82.1 Å². The van der Waals surface area contributed by atoms with Crippen LogP contribution in [0.3, 0.4) is 0 Å². The zero-order valence-electron chi connectivity index (χ0n) is 15.6. The van der Waals surface area contributed by atoms with Gasteiger partial charge in [-0.05, 0) is 74.0 Å². The summed E-state index contributed by atoms with van der Waals surface area (Å²) < 4.78 is 6.57. The van der Waals surface area contributed by atoms with E-state index < -0.39 is 0 Å². The number of anilines is 2. The van der Waals surface area contributed by atoms with Crippen LogP contribution >= 0.6 is 15.9 Å². The van der Waals surface area contributed by atoms with Gasteiger partial charge in [-0.15, -0.1) is 0 Å². The first-order chi connectivity index (χ1) is 13.6. The minimum atomic E-state index is -0.387. The van der Waals surface area contributed by atoms with Crippen molar-refractivity contribution in [2.45, 2.75) is 20.0 Å². The van der Waals surface area contributed by atoms with Crippen molar-refractivity contribution in [2.75, 3.05) is 16.8 Å². The van der Waals surface area contributed by atoms with Gasteiger partial charge in [-0.3, -0.25) is 14.7 Å². The molecule has 0 fully saturated rings. The van der Waals surface area contributed by atoms with E-state index in [1.165, 1.54) is 0 Å². The molecule has 1 atom stereocenters. The van der Waals surface area contributed by atoms with Crippen molar-refractivity contribution in [3.8, 4) is 5.75 Å². The van der Waals surface area contributed by atoms with Crippen LogP contribution in [-0.2, 0) is 0 Å². The number of benzene rings is 2. The number of aryl methyl sites for hydroxylation is 1. The van der Waals surface area contributed by atoms with Crippen LogP contribution in [0.4, 0.5) is 11.4 Å². The average Bonchev–Trinajstić information content (AvgIpc) is 2.98. The molecule has 0 radical (unpaired) electrons. The maximum Gasteiger partial charge on any atom is 0.262 e. The number of hydrogen-bond acceptors (Lipinski definition) is 4. The van der Waals surface area contributed by atoms with Crippen LogP contribution in [0.2, 0.25) is 0 Å². The summed E-state index contributed by atoms with van der Waals surface area (Å²) in [5.41, 5.74) is 4.17. The summed E-state index contributed by atoms with van der Waals surface area (Å²) in [5.74, 6) is 0.708. The molecule has 2 heterocycles. The molecular formula is C22H20BrN3O2. The van der Waals surface area contributed by atoms with E-state index in [0.29, 0.717) is 12.2 Å². The first-order valence-electron chi connectivity index (χ1n) is 9.12. The number of nitrogens with zero attached hydrogens (tertiary/aromatic N) is 2. The second-order valence-electron chi connectivity index (χ2n) is 6.55. The Morgan fingerprint density at radius 1 is 1.18 bits per heavy atom. The van der Waals surface area contributed by atoms with Gasteiger partial charge in [0, 0.05) is 22.0 Å². The fourth-order valence-electron chi connectivity index (χ4n) is 3.35. The van der Waals surface area contributed by atoms with E-state index >= 15 is 0 Å². The number of rotatable bonds is 5. The maximum atomic E-state index is 13.1. The molecule has 28 heavy (non-hydrogen) atoms. The number of fused-ring (bicyclic) bond motifs is 1. The molecule has 0 saturated heterocycles. The van der Waals surface area contributed by atoms with Crippen molar-refractivity contribution < 1.29 is 9.53 Å². The zero-order chi connectivity index (χ0) is 19.7. The van der Waals surface area contributed by atoms with Crippen molar-refractivity contribution in [3.63, 3.8) is 0 Å². The third kappa shape index (κ3) is 3.36. The molecular weight excluding hydrogens is 418 g/mol. The van der Waals surface area contributed by atoms with E-state index in [4.69, 9.17) is 4.74 Å². The van der Waals surface area contributed by atoms with Crippen LogP contribution < -0.4 is 15.0 Å². The molecule has 0 saturated carbocycles. The Balaban J connectivity index is 1.72. The Kier molecular flexibility index (Phi) is 5.05. The van der Waals surface area contributed by atoms with Crippen LogP contribution in [0.5, 0.6) is 5.75 Å². The number of halogens is 1. The van der Waals surface area contributed by atoms with Gasteiger partial charge in [-0.2, -0.15) is 0 Å². The summed E-state index contributed by atoms with van der Waals surface area (Å²) in [6.45, 7) is 4.58. The Morgan fingerprint density at radius 3 is 2.68 bits per heavy atom. The fraction of sp³-hybridized carbons (Fsp3) is 0.182. The molecule has 1 aromatic heterocycles. The molecule has 0 spiro atoms. The van der Waals surface area contributed by atoms with Gasteiger partial charge in [0.2, 0.25) is 0 Å². The Bertz CT molecular complexity index is 1020. The smallest absolute Gasteiger partial charge is 0.262 e. The molecule has 142 valence electrons. The SMILES string of the molecule is CCOc1ccc(N2C(=O)c3cccnc3[C@H]2Nc2ccc(Br)c(C)c2)cc1. The third-order valence-corrected chi connectivity index (χ3v) is 5.58. The van der Waals surface area contributed by atoms with Gasteiger partial charge in [-0.1, -0.05) is 15.9 Å². The summed E-state index contributed by atoms with van der Waals surface area (Å²) in [6.07, 6.45) is 1.33. The Labute approximate surface area is 172 Å². The first-order valence-corrected chi connectivity index (χ1v) is 9.92. The van der Waals surface area contributed by atoms with E-state index in [0.717, 1.165) is 32.9 Å². The number of hydrogen-bond donors (Lipinski definition) is 1. The lowest BCUT2D eigenvalue weighted by atomic mass is 10.2. The van der Waals surface area contributed by atoms with E-state index in [1.54, 1.807) is 17.2 Å². The number of pyridine rings is 1. The first kappa shape index (κ1) is 18.5. The molecule has 5 nitrogen and oxygen atoms in total. The van der Waals surface area contributed by atoms with E-state index in [-0.39, 0.29) is 12.1 Å². The molecule has 2 aromatic carbocycles. The molecule has 6 heteroatoms. The number of amides is 1. The number of carbonyl (C=O) groups is 1. The van der Waals surface area contributed by atoms with Crippen LogP contribution in [0.25, 0.3) is 0 Å². The molecule has 1 N–H and O–H groups in total. The molecule has 1 aliphatic rings. The minimum Gasteiger partial charge on any atom is -0.494 e. The summed E-state index contributed by atoms with van der Waals surface area (Å²) in [5, 5.41) is 3.47. The third-order valence-electron chi connectivity index (χ3n) is 4.69. The highest BCUT2D eigenvalue weighted by Crippen LogP contribution is 2.37. The molecule has 1 amide bonds. The molecule has 1 aliphatic heterocycles. The highest BCUT2D eigenvalue weighted by atomic mass is 79.9. The van der Waals surface area contributed by atoms with Crippen molar-refractivity contribution >= 4 is 33.2 Å². The molecule has 0 unspecified atom stereocenters. The molecule has 3 aromatic rings. The van der Waals surface area contributed by atoms with Gasteiger partial charge < -0.3 is 10.1 Å². The Morgan fingerprint density at radius 2 is 1.96 bits per heavy atom. The minimum absolute atomic E-state index is 0.0707. The van der Waals surface area contributed by atoms with Crippen LogP contribution in [-0.4, -0.2) is 17.5 Å². The van der Waals surface area contributed by atoms with Crippen molar-refractivity contribution in [1.82, 2.24) is 4.98 Å². The number of carbonyl (C=O) groups excluding carboxylic acids is 1. The molecule has 4 rings (SSSR count). The monoisotopic (exact) mass is 437 g/mol. The highest BCUT2D eigenvalue weighted by molar-refractivity contribution is 9.10. The van der Waals surface area contributed by atoms with Gasteiger partial charge in [-0.25, -0.2) is 0 Å². The predicted molar refractivity (Wildman–Crippen MR) is 114 cm³/mol. The largest absolute Gasteiger partial charge is 0.494 e. The van der Waals surface area contributed by atoms with E-state index in [2.05, 4.69) is 26.2 Å². The van der Waals surface area contributed by atoms with Gasteiger partial charge in [0.15, 0.2) is 6.17 Å². The van der Waals surface area contributed by atoms with Crippen LogP contribution in [0.1, 0.15) is 34.7 Å². The maximum absolute atomic E-state index is 13.1. The number of aromatic nitrogens is 1. The van der Waals surface area contributed by atoms with Crippen molar-refractivity contribution in [1.29, 1.82) is 0 Å². The zero-order valence-corrected chi connectivity index (χ0v) is 17.2. The molecule has 0 bridgehead atoms. The number of nitrogens with one attached hydrogen (secondary N) is 1. The number of ether oxygens (including phenoxy) is 1. The summed E-state index contributed by atoms with van der Waals surface area (Å²) >= 11 is 3.53. The Hall–Kier alpha value is -2.86. The quantitative estimate of drug-likeness (QED) is 0.586. The van der Waals surface area contributed by atoms with E-state index in [1.807, 2.05) is 62.4 Å². The fourth-order valence-corrected chi connectivity index (χ4v) is 3.59. The van der Waals surface area contributed by atoms with Gasteiger partial charge in [0.05, 0.1) is 17.9 Å². The summed E-state index contributed by atoms with van der Waals surface area (Å²) in [6, 6.07) is 17.2. The predicted octanol–water partition coefficient (Wildman–Crippen LogP) is 5.32. The second-order valence-corrected chi connectivity index (χ2v) is 7.40. The normalized spacial score (nSPS) is 15.5. The average molecular weight is 438 g/mol. The highest BCUT2D eigenvalue weighted by Gasteiger charge is 2.39. The van der Waals surface area contributed by atoms with Gasteiger partial charge in [0.25, 0.3) is 5.91 Å². The van der Waals surface area contributed by atoms with Crippen LogP contribution in [0.15, 0.2) is 65.3 Å². The van der Waals surface area contributed by atoms with Gasteiger partial charge >= 0.3 is 0 Å². The lowest BCUT2D eigenvalue weighted by Gasteiger charge is -2.27. The van der Waals surface area contributed by atoms with Crippen molar-refractivity contribution in [2.24, 2.45) is 0 Å². The van der Waals surface area contributed by atoms with Gasteiger partial charge in [0.1, 0.15) is 5.75 Å². The lowest BCUT2D eigenvalue weighted by molar-refractivity contribution is 0.0993. The molecule has 0 aliphatic carbocycles. The van der Waals surface area contributed by atoms with Crippen LogP contribution in [0, 0.1) is 6.92 Å². The summed E-state index contributed by atoms with van der Waals surface area (Å²) in [4.78, 5) is 19.4. The topological polar surface area (TPSA) is 54.5 Å².